The van der Waals surface area contributed by atoms with Crippen LogP contribution in [0.4, 0.5) is 0 Å². The number of azide groups is 1. The second-order valence-electron chi connectivity index (χ2n) is 2.53. The third kappa shape index (κ3) is 2.07. The molecule has 0 spiro atoms. The number of hydrogen-bond acceptors (Lipinski definition) is 2. The van der Waals surface area contributed by atoms with Crippen LogP contribution in [-0.4, -0.2) is 15.7 Å². The summed E-state index contributed by atoms with van der Waals surface area (Å²) in [7, 11) is 0. The molecule has 0 saturated heterocycles. The first kappa shape index (κ1) is 8.80. The van der Waals surface area contributed by atoms with Gasteiger partial charge in [-0.15, -0.1) is 0 Å². The Bertz CT molecular complexity index is 212. The molecule has 60 valence electrons. The Morgan fingerprint density at radius 1 is 1.73 bits per heavy atom. The van der Waals surface area contributed by atoms with Crippen LogP contribution in [0.15, 0.2) is 5.11 Å². The van der Waals surface area contributed by atoms with Gasteiger partial charge in [-0.05, 0) is 18.4 Å². The molecule has 5 heteroatoms. The Kier molecular flexibility index (Phi) is 3.14. The zero-order valence-electron chi connectivity index (χ0n) is 5.90. The minimum absolute atomic E-state index is 0.0998. The lowest BCUT2D eigenvalue weighted by molar-refractivity contribution is -0.119. The largest absolute Gasteiger partial charge is 0.299 e. The molecule has 0 heterocycles. The van der Waals surface area contributed by atoms with E-state index in [1.807, 2.05) is 0 Å². The fourth-order valence-electron chi connectivity index (χ4n) is 1.17. The molecule has 0 aromatic rings. The lowest BCUT2D eigenvalue weighted by atomic mass is 9.95. The van der Waals surface area contributed by atoms with E-state index in [9.17, 15) is 4.79 Å². The molecule has 0 radical (unpaired) electrons. The number of hydrogen-bond donors (Lipinski definition) is 0. The molecule has 0 aromatic heterocycles. The molecule has 0 bridgehead atoms. The summed E-state index contributed by atoms with van der Waals surface area (Å²) in [6, 6.07) is -0.109. The van der Waals surface area contributed by atoms with Crippen molar-refractivity contribution in [3.8, 4) is 0 Å². The van der Waals surface area contributed by atoms with Crippen molar-refractivity contribution in [2.45, 2.75) is 29.2 Å². The van der Waals surface area contributed by atoms with Gasteiger partial charge in [0.2, 0.25) is 0 Å². The van der Waals surface area contributed by atoms with Gasteiger partial charge in [0.05, 0.1) is 9.97 Å². The highest BCUT2D eigenvalue weighted by Crippen LogP contribution is 2.24. The maximum atomic E-state index is 11.1. The normalized spacial score (nSPS) is 31.2. The molecule has 4 nitrogen and oxygen atoms in total. The van der Waals surface area contributed by atoms with E-state index in [-0.39, 0.29) is 15.7 Å². The SMILES string of the molecule is [N-]=[N+]=N[C@@H]1CCCC(=O)[C@H]1I. The van der Waals surface area contributed by atoms with Crippen LogP contribution in [-0.2, 0) is 4.79 Å². The van der Waals surface area contributed by atoms with Crippen LogP contribution in [0.2, 0.25) is 0 Å². The van der Waals surface area contributed by atoms with Crippen LogP contribution in [0.25, 0.3) is 10.4 Å². The van der Waals surface area contributed by atoms with E-state index in [1.54, 1.807) is 0 Å². The number of Topliss-reactive ketones (excluding diaryl/α,β-unsaturated/α-hetero) is 1. The van der Waals surface area contributed by atoms with E-state index in [2.05, 4.69) is 32.6 Å². The molecule has 1 rings (SSSR count). The van der Waals surface area contributed by atoms with Gasteiger partial charge < -0.3 is 0 Å². The average molecular weight is 265 g/mol. The maximum absolute atomic E-state index is 11.1. The molecule has 1 aliphatic rings. The second kappa shape index (κ2) is 3.92. The van der Waals surface area contributed by atoms with Crippen molar-refractivity contribution < 1.29 is 4.79 Å². The zero-order chi connectivity index (χ0) is 8.27. The van der Waals surface area contributed by atoms with Gasteiger partial charge in [-0.25, -0.2) is 0 Å². The summed E-state index contributed by atoms with van der Waals surface area (Å²) in [5.41, 5.74) is 8.17. The lowest BCUT2D eigenvalue weighted by Crippen LogP contribution is -2.31. The number of rotatable bonds is 1. The maximum Gasteiger partial charge on any atom is 0.146 e. The Morgan fingerprint density at radius 3 is 3.09 bits per heavy atom. The molecule has 11 heavy (non-hydrogen) atoms. The molecule has 0 amide bonds. The molecular weight excluding hydrogens is 257 g/mol. The highest BCUT2D eigenvalue weighted by molar-refractivity contribution is 14.1. The van der Waals surface area contributed by atoms with Gasteiger partial charge in [-0.1, -0.05) is 27.7 Å². The van der Waals surface area contributed by atoms with E-state index in [0.29, 0.717) is 6.42 Å². The monoisotopic (exact) mass is 265 g/mol. The van der Waals surface area contributed by atoms with Crippen LogP contribution in [0.5, 0.6) is 0 Å². The summed E-state index contributed by atoms with van der Waals surface area (Å²) in [4.78, 5) is 13.8. The third-order valence-corrected chi connectivity index (χ3v) is 3.29. The Labute approximate surface area is 78.1 Å². The summed E-state index contributed by atoms with van der Waals surface area (Å²) in [5.74, 6) is 0.217. The van der Waals surface area contributed by atoms with Gasteiger partial charge in [0.1, 0.15) is 5.78 Å². The molecular formula is C6H8IN3O. The van der Waals surface area contributed by atoms with Crippen LogP contribution in [0, 0.1) is 0 Å². The topological polar surface area (TPSA) is 65.8 Å². The standard InChI is InChI=1S/C6H8IN3O/c7-6-4(9-10-8)2-1-3-5(6)11/h4,6H,1-3H2/t4-,6+/m1/s1. The van der Waals surface area contributed by atoms with Gasteiger partial charge in [0, 0.05) is 11.3 Å². The molecule has 2 atom stereocenters. The first-order valence-electron chi connectivity index (χ1n) is 3.46. The molecule has 0 aromatic carbocycles. The number of nitrogens with zero attached hydrogens (tertiary/aromatic N) is 3. The van der Waals surface area contributed by atoms with Gasteiger partial charge in [-0.3, -0.25) is 4.79 Å². The quantitative estimate of drug-likeness (QED) is 0.235. The Hall–Kier alpha value is -0.290. The highest BCUT2D eigenvalue weighted by Gasteiger charge is 2.28. The molecule has 1 aliphatic carbocycles. The van der Waals surface area contributed by atoms with Crippen molar-refractivity contribution in [2.75, 3.05) is 0 Å². The van der Waals surface area contributed by atoms with E-state index in [1.165, 1.54) is 0 Å². The van der Waals surface area contributed by atoms with Crippen LogP contribution in [0.3, 0.4) is 0 Å². The summed E-state index contributed by atoms with van der Waals surface area (Å²) < 4.78 is -0.0998. The number of ketones is 1. The van der Waals surface area contributed by atoms with Crippen molar-refractivity contribution in [2.24, 2.45) is 5.11 Å². The second-order valence-corrected chi connectivity index (χ2v) is 3.87. The van der Waals surface area contributed by atoms with Gasteiger partial charge in [0.15, 0.2) is 0 Å². The molecule has 1 fully saturated rings. The Balaban J connectivity index is 2.65. The van der Waals surface area contributed by atoms with Crippen molar-refractivity contribution >= 4 is 28.4 Å². The van der Waals surface area contributed by atoms with Crippen LogP contribution < -0.4 is 0 Å². The number of halogens is 1. The smallest absolute Gasteiger partial charge is 0.146 e. The minimum Gasteiger partial charge on any atom is -0.299 e. The number of carbonyl (C=O) groups is 1. The summed E-state index contributed by atoms with van der Waals surface area (Å²) >= 11 is 2.05. The highest BCUT2D eigenvalue weighted by atomic mass is 127. The minimum atomic E-state index is -0.109. The first-order valence-corrected chi connectivity index (χ1v) is 4.71. The first-order chi connectivity index (χ1) is 5.25. The predicted octanol–water partition coefficient (Wildman–Crippen LogP) is 2.22. The summed E-state index contributed by atoms with van der Waals surface area (Å²) in [6.45, 7) is 0. The van der Waals surface area contributed by atoms with Crippen molar-refractivity contribution in [3.63, 3.8) is 0 Å². The molecule has 1 saturated carbocycles. The van der Waals surface area contributed by atoms with E-state index in [4.69, 9.17) is 5.53 Å². The zero-order valence-corrected chi connectivity index (χ0v) is 8.06. The molecule has 0 aliphatic heterocycles. The van der Waals surface area contributed by atoms with Gasteiger partial charge in [-0.2, -0.15) is 0 Å². The summed E-state index contributed by atoms with van der Waals surface area (Å²) in [6.07, 6.45) is 2.36. The third-order valence-electron chi connectivity index (χ3n) is 1.77. The van der Waals surface area contributed by atoms with Crippen molar-refractivity contribution in [3.05, 3.63) is 10.4 Å². The van der Waals surface area contributed by atoms with Crippen molar-refractivity contribution in [1.82, 2.24) is 0 Å². The molecule has 0 N–H and O–H groups in total. The lowest BCUT2D eigenvalue weighted by Gasteiger charge is -2.21. The fraction of sp³-hybridized carbons (Fsp3) is 0.833. The van der Waals surface area contributed by atoms with Crippen LogP contribution in [0.1, 0.15) is 19.3 Å². The number of carbonyl (C=O) groups excluding carboxylic acids is 1. The van der Waals surface area contributed by atoms with Crippen molar-refractivity contribution in [1.29, 1.82) is 0 Å². The van der Waals surface area contributed by atoms with Gasteiger partial charge >= 0.3 is 0 Å². The van der Waals surface area contributed by atoms with E-state index < -0.39 is 0 Å². The predicted molar refractivity (Wildman–Crippen MR) is 49.6 cm³/mol. The fourth-order valence-corrected chi connectivity index (χ4v) is 1.98. The number of alkyl halides is 1. The van der Waals surface area contributed by atoms with Gasteiger partial charge in [0.25, 0.3) is 0 Å². The molecule has 0 unspecified atom stereocenters. The van der Waals surface area contributed by atoms with E-state index >= 15 is 0 Å². The van der Waals surface area contributed by atoms with Crippen LogP contribution >= 0.6 is 22.6 Å². The average Bonchev–Trinajstić information content (AvgIpc) is 1.99. The summed E-state index contributed by atoms with van der Waals surface area (Å²) in [5, 5.41) is 3.57. The van der Waals surface area contributed by atoms with E-state index in [0.717, 1.165) is 12.8 Å². The Morgan fingerprint density at radius 2 is 2.45 bits per heavy atom.